The number of alkyl carbamates (subject to hydrolysis) is 1. The zero-order valence-corrected chi connectivity index (χ0v) is 10.0. The second-order valence-electron chi connectivity index (χ2n) is 4.20. The maximum absolute atomic E-state index is 12.1. The van der Waals surface area contributed by atoms with Crippen LogP contribution in [0.5, 0.6) is 0 Å². The minimum Gasteiger partial charge on any atom is -0.467 e. The Labute approximate surface area is 94.3 Å². The predicted octanol–water partition coefficient (Wildman–Crippen LogP) is 1.41. The number of alkyl halides is 1. The van der Waals surface area contributed by atoms with Gasteiger partial charge in [-0.2, -0.15) is 0 Å². The van der Waals surface area contributed by atoms with E-state index in [1.807, 2.05) is 0 Å². The highest BCUT2D eigenvalue weighted by Gasteiger charge is 2.24. The van der Waals surface area contributed by atoms with Crippen molar-refractivity contribution in [2.45, 2.75) is 38.8 Å². The van der Waals surface area contributed by atoms with Crippen molar-refractivity contribution in [1.29, 1.82) is 0 Å². The Hall–Kier alpha value is -1.33. The molecule has 6 heteroatoms. The summed E-state index contributed by atoms with van der Waals surface area (Å²) in [7, 11) is 1.17. The summed E-state index contributed by atoms with van der Waals surface area (Å²) in [5, 5.41) is 2.25. The second-order valence-corrected chi connectivity index (χ2v) is 4.20. The summed E-state index contributed by atoms with van der Waals surface area (Å²) >= 11 is 0. The van der Waals surface area contributed by atoms with Gasteiger partial charge in [0.25, 0.3) is 0 Å². The van der Waals surface area contributed by atoms with Crippen LogP contribution in [-0.4, -0.2) is 37.5 Å². The van der Waals surface area contributed by atoms with Gasteiger partial charge in [-0.25, -0.2) is 9.59 Å². The Morgan fingerprint density at radius 3 is 2.31 bits per heavy atom. The minimum absolute atomic E-state index is 0.133. The molecule has 0 fully saturated rings. The lowest BCUT2D eigenvalue weighted by Gasteiger charge is -2.22. The van der Waals surface area contributed by atoms with Crippen molar-refractivity contribution in [3.8, 4) is 0 Å². The quantitative estimate of drug-likeness (QED) is 0.748. The fourth-order valence-electron chi connectivity index (χ4n) is 0.950. The zero-order chi connectivity index (χ0) is 12.8. The second kappa shape index (κ2) is 6.30. The summed E-state index contributed by atoms with van der Waals surface area (Å²) in [6, 6.07) is -1.01. The number of ether oxygens (including phenoxy) is 2. The third-order valence-electron chi connectivity index (χ3n) is 1.57. The van der Waals surface area contributed by atoms with E-state index in [0.29, 0.717) is 0 Å². The van der Waals surface area contributed by atoms with Gasteiger partial charge in [0, 0.05) is 6.42 Å². The Morgan fingerprint density at radius 2 is 1.94 bits per heavy atom. The summed E-state index contributed by atoms with van der Waals surface area (Å²) in [6.07, 6.45) is -0.900. The molecule has 0 rings (SSSR count). The summed E-state index contributed by atoms with van der Waals surface area (Å²) in [5.74, 6) is -0.691. The number of hydrogen-bond acceptors (Lipinski definition) is 4. The first-order chi connectivity index (χ1) is 7.30. The highest BCUT2D eigenvalue weighted by atomic mass is 19.1. The monoisotopic (exact) mass is 235 g/mol. The topological polar surface area (TPSA) is 64.6 Å². The molecule has 0 bridgehead atoms. The van der Waals surface area contributed by atoms with Crippen LogP contribution in [0.1, 0.15) is 27.2 Å². The van der Waals surface area contributed by atoms with Crippen LogP contribution in [0, 0.1) is 0 Å². The van der Waals surface area contributed by atoms with Crippen molar-refractivity contribution in [1.82, 2.24) is 5.32 Å². The van der Waals surface area contributed by atoms with Crippen molar-refractivity contribution < 1.29 is 23.5 Å². The van der Waals surface area contributed by atoms with Gasteiger partial charge >= 0.3 is 12.1 Å². The van der Waals surface area contributed by atoms with E-state index in [2.05, 4.69) is 10.1 Å². The standard InChI is InChI=1S/C10H18FNO4/c1-10(2,3)16-9(14)12-7(5-6-11)8(13)15-4/h7H,5-6H2,1-4H3,(H,12,14)/t7-/m1/s1. The van der Waals surface area contributed by atoms with E-state index in [0.717, 1.165) is 0 Å². The van der Waals surface area contributed by atoms with E-state index < -0.39 is 30.4 Å². The number of hydrogen-bond donors (Lipinski definition) is 1. The summed E-state index contributed by atoms with van der Waals surface area (Å²) in [5.41, 5.74) is -0.666. The maximum atomic E-state index is 12.1. The van der Waals surface area contributed by atoms with Gasteiger partial charge < -0.3 is 14.8 Å². The largest absolute Gasteiger partial charge is 0.467 e. The van der Waals surface area contributed by atoms with Gasteiger partial charge in [0.15, 0.2) is 0 Å². The van der Waals surface area contributed by atoms with Gasteiger partial charge in [-0.05, 0) is 20.8 Å². The van der Waals surface area contributed by atoms with Crippen LogP contribution in [0.15, 0.2) is 0 Å². The maximum Gasteiger partial charge on any atom is 0.408 e. The van der Waals surface area contributed by atoms with Gasteiger partial charge in [-0.15, -0.1) is 0 Å². The number of amides is 1. The van der Waals surface area contributed by atoms with E-state index in [1.54, 1.807) is 20.8 Å². The van der Waals surface area contributed by atoms with Gasteiger partial charge in [0.05, 0.1) is 13.8 Å². The van der Waals surface area contributed by atoms with E-state index in [9.17, 15) is 14.0 Å². The predicted molar refractivity (Wildman–Crippen MR) is 55.8 cm³/mol. The molecule has 0 spiro atoms. The van der Waals surface area contributed by atoms with Crippen LogP contribution in [0.25, 0.3) is 0 Å². The SMILES string of the molecule is COC(=O)[C@@H](CCF)NC(=O)OC(C)(C)C. The molecular formula is C10H18FNO4. The molecule has 94 valence electrons. The van der Waals surface area contributed by atoms with Crippen LogP contribution in [0.2, 0.25) is 0 Å². The number of methoxy groups -OCH3 is 1. The number of carbonyl (C=O) groups is 2. The number of nitrogens with one attached hydrogen (secondary N) is 1. The molecule has 1 amide bonds. The van der Waals surface area contributed by atoms with Crippen molar-refractivity contribution >= 4 is 12.1 Å². The Morgan fingerprint density at radius 1 is 1.38 bits per heavy atom. The van der Waals surface area contributed by atoms with E-state index in [1.165, 1.54) is 7.11 Å². The van der Waals surface area contributed by atoms with Crippen LogP contribution < -0.4 is 5.32 Å². The number of halogens is 1. The van der Waals surface area contributed by atoms with E-state index >= 15 is 0 Å². The molecule has 0 aromatic rings. The molecule has 0 heterocycles. The average molecular weight is 235 g/mol. The fourth-order valence-corrected chi connectivity index (χ4v) is 0.950. The zero-order valence-electron chi connectivity index (χ0n) is 10.0. The molecule has 0 aliphatic rings. The Kier molecular flexibility index (Phi) is 5.77. The third kappa shape index (κ3) is 6.21. The summed E-state index contributed by atoms with van der Waals surface area (Å²) in [4.78, 5) is 22.4. The van der Waals surface area contributed by atoms with Crippen molar-refractivity contribution in [2.75, 3.05) is 13.8 Å². The molecule has 0 saturated heterocycles. The highest BCUT2D eigenvalue weighted by Crippen LogP contribution is 2.07. The molecule has 1 N–H and O–H groups in total. The van der Waals surface area contributed by atoms with Gasteiger partial charge in [0.2, 0.25) is 0 Å². The van der Waals surface area contributed by atoms with Gasteiger partial charge in [-0.1, -0.05) is 0 Å². The smallest absolute Gasteiger partial charge is 0.408 e. The molecule has 0 aromatic heterocycles. The summed E-state index contributed by atoms with van der Waals surface area (Å²) < 4.78 is 21.5. The first-order valence-electron chi connectivity index (χ1n) is 4.93. The van der Waals surface area contributed by atoms with E-state index in [4.69, 9.17) is 4.74 Å². The van der Waals surface area contributed by atoms with Crippen molar-refractivity contribution in [3.63, 3.8) is 0 Å². The lowest BCUT2D eigenvalue weighted by atomic mass is 10.2. The number of carbonyl (C=O) groups excluding carboxylic acids is 2. The Bertz CT molecular complexity index is 250. The lowest BCUT2D eigenvalue weighted by Crippen LogP contribution is -2.44. The molecule has 16 heavy (non-hydrogen) atoms. The molecule has 0 aromatic carbocycles. The molecular weight excluding hydrogens is 217 g/mol. The molecule has 0 radical (unpaired) electrons. The molecule has 0 aliphatic heterocycles. The molecule has 0 aliphatic carbocycles. The van der Waals surface area contributed by atoms with Gasteiger partial charge in [0.1, 0.15) is 11.6 Å². The first kappa shape index (κ1) is 14.7. The van der Waals surface area contributed by atoms with Crippen LogP contribution >= 0.6 is 0 Å². The van der Waals surface area contributed by atoms with Crippen LogP contribution in [0.4, 0.5) is 9.18 Å². The van der Waals surface area contributed by atoms with Gasteiger partial charge in [-0.3, -0.25) is 4.39 Å². The number of esters is 1. The minimum atomic E-state index is -1.01. The third-order valence-corrected chi connectivity index (χ3v) is 1.57. The molecule has 5 nitrogen and oxygen atoms in total. The highest BCUT2D eigenvalue weighted by molar-refractivity contribution is 5.81. The average Bonchev–Trinajstić information content (AvgIpc) is 2.13. The Balaban J connectivity index is 4.29. The fraction of sp³-hybridized carbons (Fsp3) is 0.800. The first-order valence-corrected chi connectivity index (χ1v) is 4.93. The normalized spacial score (nSPS) is 12.8. The van der Waals surface area contributed by atoms with Crippen molar-refractivity contribution in [2.24, 2.45) is 0 Å². The van der Waals surface area contributed by atoms with Crippen LogP contribution in [0.3, 0.4) is 0 Å². The van der Waals surface area contributed by atoms with E-state index in [-0.39, 0.29) is 6.42 Å². The lowest BCUT2D eigenvalue weighted by molar-refractivity contribution is -0.143. The van der Waals surface area contributed by atoms with Crippen LogP contribution in [-0.2, 0) is 14.3 Å². The van der Waals surface area contributed by atoms with Crippen molar-refractivity contribution in [3.05, 3.63) is 0 Å². The molecule has 0 saturated carbocycles. The number of rotatable bonds is 4. The molecule has 0 unspecified atom stereocenters. The summed E-state index contributed by atoms with van der Waals surface area (Å²) in [6.45, 7) is 4.34. The molecule has 1 atom stereocenters.